The maximum absolute atomic E-state index is 12.3. The smallest absolute Gasteiger partial charge is 0.335 e. The number of aromatic nitrogens is 2. The third-order valence-corrected chi connectivity index (χ3v) is 4.14. The Bertz CT molecular complexity index is 765. The first-order valence-electron chi connectivity index (χ1n) is 6.21. The van der Waals surface area contributed by atoms with Gasteiger partial charge in [-0.25, -0.2) is 17.9 Å². The lowest BCUT2D eigenvalue weighted by molar-refractivity contribution is 0.0696. The monoisotopic (exact) mass is 309 g/mol. The van der Waals surface area contributed by atoms with Crippen LogP contribution in [0, 0.1) is 0 Å². The molecule has 1 aromatic carbocycles. The molecule has 112 valence electrons. The maximum Gasteiger partial charge on any atom is 0.335 e. The lowest BCUT2D eigenvalue weighted by atomic mass is 10.2. The topological polar surface area (TPSA) is 101 Å². The van der Waals surface area contributed by atoms with E-state index in [4.69, 9.17) is 5.11 Å². The Balaban J connectivity index is 2.36. The number of anilines is 1. The van der Waals surface area contributed by atoms with Crippen molar-refractivity contribution in [2.75, 3.05) is 4.72 Å². The van der Waals surface area contributed by atoms with Crippen molar-refractivity contribution in [3.05, 3.63) is 42.1 Å². The van der Waals surface area contributed by atoms with Gasteiger partial charge >= 0.3 is 5.97 Å². The quantitative estimate of drug-likeness (QED) is 0.879. The van der Waals surface area contributed by atoms with Crippen molar-refractivity contribution in [1.29, 1.82) is 0 Å². The summed E-state index contributed by atoms with van der Waals surface area (Å²) < 4.78 is 28.5. The van der Waals surface area contributed by atoms with Crippen LogP contribution >= 0.6 is 0 Å². The van der Waals surface area contributed by atoms with Crippen LogP contribution in [0.1, 0.15) is 30.2 Å². The molecule has 0 amide bonds. The highest BCUT2D eigenvalue weighted by Gasteiger charge is 2.18. The molecule has 8 heteroatoms. The number of nitrogens with one attached hydrogen (secondary N) is 1. The predicted octanol–water partition coefficient (Wildman–Crippen LogP) is 1.96. The molecule has 0 saturated heterocycles. The van der Waals surface area contributed by atoms with Crippen molar-refractivity contribution in [2.45, 2.75) is 24.8 Å². The molecule has 0 aliphatic rings. The molecule has 2 rings (SSSR count). The second-order valence-electron chi connectivity index (χ2n) is 4.69. The number of carboxylic acids is 1. The Morgan fingerprint density at radius 3 is 2.67 bits per heavy atom. The number of hydrogen-bond acceptors (Lipinski definition) is 4. The van der Waals surface area contributed by atoms with E-state index in [1.807, 2.05) is 13.8 Å². The molecule has 0 radical (unpaired) electrons. The van der Waals surface area contributed by atoms with E-state index in [1.54, 1.807) is 6.07 Å². The van der Waals surface area contributed by atoms with Crippen molar-refractivity contribution >= 4 is 21.8 Å². The summed E-state index contributed by atoms with van der Waals surface area (Å²) in [5.74, 6) is -0.856. The molecule has 21 heavy (non-hydrogen) atoms. The van der Waals surface area contributed by atoms with E-state index in [0.29, 0.717) is 5.82 Å². The normalized spacial score (nSPS) is 11.6. The summed E-state index contributed by atoms with van der Waals surface area (Å²) in [5.41, 5.74) is -0.0877. The zero-order chi connectivity index (χ0) is 15.6. The number of hydrogen-bond donors (Lipinski definition) is 2. The number of carboxylic acid groups (broad SMARTS) is 1. The van der Waals surface area contributed by atoms with Crippen LogP contribution in [0.4, 0.5) is 5.82 Å². The summed E-state index contributed by atoms with van der Waals surface area (Å²) in [7, 11) is -3.87. The average Bonchev–Trinajstić information content (AvgIpc) is 2.86. The van der Waals surface area contributed by atoms with Gasteiger partial charge in [0.15, 0.2) is 0 Å². The first-order chi connectivity index (χ1) is 9.81. The van der Waals surface area contributed by atoms with Crippen molar-refractivity contribution in [2.24, 2.45) is 0 Å². The van der Waals surface area contributed by atoms with Gasteiger partial charge < -0.3 is 5.11 Å². The van der Waals surface area contributed by atoms with Crippen LogP contribution in [0.5, 0.6) is 0 Å². The second-order valence-corrected chi connectivity index (χ2v) is 6.38. The molecule has 7 nitrogen and oxygen atoms in total. The summed E-state index contributed by atoms with van der Waals surface area (Å²) in [6.45, 7) is 3.74. The number of aromatic carboxylic acids is 1. The average molecular weight is 309 g/mol. The van der Waals surface area contributed by atoms with Gasteiger partial charge in [0.25, 0.3) is 10.0 Å². The number of nitrogens with zero attached hydrogens (tertiary/aromatic N) is 2. The van der Waals surface area contributed by atoms with E-state index in [0.717, 1.165) is 6.07 Å². The Labute approximate surface area is 122 Å². The van der Waals surface area contributed by atoms with Gasteiger partial charge in [-0.05, 0) is 32.0 Å². The van der Waals surface area contributed by atoms with Crippen molar-refractivity contribution in [3.63, 3.8) is 0 Å². The number of rotatable bonds is 5. The highest BCUT2D eigenvalue weighted by atomic mass is 32.2. The molecule has 0 fully saturated rings. The van der Waals surface area contributed by atoms with Gasteiger partial charge in [-0.15, -0.1) is 0 Å². The van der Waals surface area contributed by atoms with E-state index in [-0.39, 0.29) is 16.5 Å². The highest BCUT2D eigenvalue weighted by molar-refractivity contribution is 7.92. The van der Waals surface area contributed by atoms with Crippen molar-refractivity contribution < 1.29 is 18.3 Å². The molecule has 0 spiro atoms. The predicted molar refractivity (Wildman–Crippen MR) is 76.8 cm³/mol. The van der Waals surface area contributed by atoms with Crippen molar-refractivity contribution in [1.82, 2.24) is 9.78 Å². The minimum atomic E-state index is -3.87. The molecule has 1 aromatic heterocycles. The Kier molecular flexibility index (Phi) is 3.99. The summed E-state index contributed by atoms with van der Waals surface area (Å²) in [4.78, 5) is 10.8. The minimum absolute atomic E-state index is 0.0111. The molecular weight excluding hydrogens is 294 g/mol. The summed E-state index contributed by atoms with van der Waals surface area (Å²) >= 11 is 0. The number of carbonyl (C=O) groups is 1. The van der Waals surface area contributed by atoms with Gasteiger partial charge in [0.1, 0.15) is 5.82 Å². The third-order valence-electron chi connectivity index (χ3n) is 2.79. The largest absolute Gasteiger partial charge is 0.478 e. The first-order valence-corrected chi connectivity index (χ1v) is 7.69. The van der Waals surface area contributed by atoms with Gasteiger partial charge in [0, 0.05) is 12.1 Å². The third kappa shape index (κ3) is 3.22. The molecule has 1 heterocycles. The molecule has 0 saturated carbocycles. The molecule has 0 aliphatic carbocycles. The van der Waals surface area contributed by atoms with E-state index in [1.165, 1.54) is 29.1 Å². The van der Waals surface area contributed by atoms with Crippen LogP contribution in [0.15, 0.2) is 41.4 Å². The maximum atomic E-state index is 12.3. The fourth-order valence-corrected chi connectivity index (χ4v) is 2.89. The van der Waals surface area contributed by atoms with Crippen molar-refractivity contribution in [3.8, 4) is 0 Å². The van der Waals surface area contributed by atoms with Crippen LogP contribution in [-0.4, -0.2) is 29.3 Å². The van der Waals surface area contributed by atoms with Gasteiger partial charge in [0.05, 0.1) is 16.7 Å². The standard InChI is InChI=1S/C13H15N3O4S/c1-9(2)16-12(6-7-14-16)15-21(19,20)11-5-3-4-10(8-11)13(17)18/h3-9,15H,1-2H3,(H,17,18). The summed E-state index contributed by atoms with van der Waals surface area (Å²) in [5, 5.41) is 13.0. The highest BCUT2D eigenvalue weighted by Crippen LogP contribution is 2.19. The van der Waals surface area contributed by atoms with Gasteiger partial charge in [-0.2, -0.15) is 5.10 Å². The summed E-state index contributed by atoms with van der Waals surface area (Å²) in [6.07, 6.45) is 1.49. The number of benzene rings is 1. The number of sulfonamides is 1. The molecule has 2 aromatic rings. The lowest BCUT2D eigenvalue weighted by Crippen LogP contribution is -2.17. The van der Waals surface area contributed by atoms with Crippen LogP contribution in [0.2, 0.25) is 0 Å². The summed E-state index contributed by atoms with van der Waals surface area (Å²) in [6, 6.07) is 6.70. The minimum Gasteiger partial charge on any atom is -0.478 e. The molecule has 2 N–H and O–H groups in total. The van der Waals surface area contributed by atoms with Crippen LogP contribution in [-0.2, 0) is 10.0 Å². The van der Waals surface area contributed by atoms with Crippen LogP contribution < -0.4 is 4.72 Å². The van der Waals surface area contributed by atoms with E-state index in [2.05, 4.69) is 9.82 Å². The molecule has 0 aliphatic heterocycles. The first kappa shape index (κ1) is 15.0. The van der Waals surface area contributed by atoms with E-state index in [9.17, 15) is 13.2 Å². The Morgan fingerprint density at radius 2 is 2.05 bits per heavy atom. The lowest BCUT2D eigenvalue weighted by Gasteiger charge is -2.13. The Morgan fingerprint density at radius 1 is 1.33 bits per heavy atom. The SMILES string of the molecule is CC(C)n1nccc1NS(=O)(=O)c1cccc(C(=O)O)c1. The molecule has 0 bridgehead atoms. The van der Waals surface area contributed by atoms with Gasteiger partial charge in [0.2, 0.25) is 0 Å². The van der Waals surface area contributed by atoms with Gasteiger partial charge in [-0.3, -0.25) is 4.72 Å². The van der Waals surface area contributed by atoms with Crippen LogP contribution in [0.25, 0.3) is 0 Å². The van der Waals surface area contributed by atoms with E-state index < -0.39 is 16.0 Å². The zero-order valence-electron chi connectivity index (χ0n) is 11.5. The Hall–Kier alpha value is -2.35. The molecule has 0 atom stereocenters. The fraction of sp³-hybridized carbons (Fsp3) is 0.231. The van der Waals surface area contributed by atoms with Crippen LogP contribution in [0.3, 0.4) is 0 Å². The molecular formula is C13H15N3O4S. The fourth-order valence-electron chi connectivity index (χ4n) is 1.80. The van der Waals surface area contributed by atoms with E-state index >= 15 is 0 Å². The zero-order valence-corrected chi connectivity index (χ0v) is 12.3. The molecule has 0 unspecified atom stereocenters. The van der Waals surface area contributed by atoms with Gasteiger partial charge in [-0.1, -0.05) is 6.07 Å². The second kappa shape index (κ2) is 5.57.